The molecule has 0 aliphatic carbocycles. The van der Waals surface area contributed by atoms with Crippen molar-refractivity contribution in [3.05, 3.63) is 59.1 Å². The maximum Gasteiger partial charge on any atom is 0.258 e. The number of amides is 1. The molecule has 2 aromatic rings. The predicted molar refractivity (Wildman–Crippen MR) is 114 cm³/mol. The van der Waals surface area contributed by atoms with Crippen molar-refractivity contribution in [2.75, 3.05) is 45.2 Å². The van der Waals surface area contributed by atoms with Crippen molar-refractivity contribution in [3.63, 3.8) is 0 Å². The molecule has 0 unspecified atom stereocenters. The first-order valence-electron chi connectivity index (χ1n) is 9.69. The zero-order chi connectivity index (χ0) is 19.9. The van der Waals surface area contributed by atoms with Crippen LogP contribution in [-0.2, 0) is 4.79 Å². The van der Waals surface area contributed by atoms with E-state index in [0.29, 0.717) is 17.3 Å². The topological polar surface area (TPSA) is 44.8 Å². The molecule has 0 saturated carbocycles. The molecule has 5 nitrogen and oxygen atoms in total. The molecule has 1 atom stereocenters. The largest absolute Gasteiger partial charge is 0.484 e. The van der Waals surface area contributed by atoms with E-state index in [0.717, 1.165) is 13.1 Å². The Bertz CT molecular complexity index is 756. The molecule has 0 radical (unpaired) electrons. The summed E-state index contributed by atoms with van der Waals surface area (Å²) < 4.78 is 5.54. The second-order valence-electron chi connectivity index (χ2n) is 7.29. The Labute approximate surface area is 172 Å². The fraction of sp³-hybridized carbons (Fsp3) is 0.409. The van der Waals surface area contributed by atoms with Gasteiger partial charge in [-0.25, -0.2) is 0 Å². The number of nitrogens with one attached hydrogen (secondary N) is 1. The number of carbonyl (C=O) groups excluding carboxylic acids is 1. The Morgan fingerprint density at radius 1 is 1.11 bits per heavy atom. The van der Waals surface area contributed by atoms with E-state index in [1.165, 1.54) is 24.1 Å². The lowest BCUT2D eigenvalue weighted by molar-refractivity contribution is -0.123. The van der Waals surface area contributed by atoms with Crippen molar-refractivity contribution in [1.29, 1.82) is 0 Å². The van der Waals surface area contributed by atoms with Crippen LogP contribution in [-0.4, -0.2) is 51.1 Å². The van der Waals surface area contributed by atoms with Gasteiger partial charge in [0.2, 0.25) is 0 Å². The van der Waals surface area contributed by atoms with Crippen LogP contribution in [0.1, 0.15) is 24.4 Å². The Kier molecular flexibility index (Phi) is 7.18. The summed E-state index contributed by atoms with van der Waals surface area (Å²) in [7, 11) is 4.07. The Morgan fingerprint density at radius 2 is 1.75 bits per heavy atom. The third-order valence-electron chi connectivity index (χ3n) is 5.05. The molecule has 0 aromatic heterocycles. The minimum absolute atomic E-state index is 0.00603. The molecule has 0 spiro atoms. The summed E-state index contributed by atoms with van der Waals surface area (Å²) in [6.45, 7) is 2.70. The van der Waals surface area contributed by atoms with E-state index in [1.807, 2.05) is 14.1 Å². The molecule has 28 heavy (non-hydrogen) atoms. The molecule has 6 heteroatoms. The molecular weight excluding hydrogens is 374 g/mol. The quantitative estimate of drug-likeness (QED) is 0.731. The number of benzene rings is 2. The molecule has 1 heterocycles. The van der Waals surface area contributed by atoms with Gasteiger partial charge in [-0.05, 0) is 67.9 Å². The van der Waals surface area contributed by atoms with Crippen LogP contribution >= 0.6 is 11.6 Å². The highest BCUT2D eigenvalue weighted by atomic mass is 35.5. The van der Waals surface area contributed by atoms with E-state index in [9.17, 15) is 4.79 Å². The summed E-state index contributed by atoms with van der Waals surface area (Å²) >= 11 is 5.86. The van der Waals surface area contributed by atoms with E-state index in [1.54, 1.807) is 24.3 Å². The summed E-state index contributed by atoms with van der Waals surface area (Å²) in [5.74, 6) is 0.513. The number of nitrogens with zero attached hydrogens (tertiary/aromatic N) is 2. The number of halogens is 1. The minimum atomic E-state index is -0.121. The molecule has 1 fully saturated rings. The number of ether oxygens (including phenoxy) is 1. The summed E-state index contributed by atoms with van der Waals surface area (Å²) in [6.07, 6.45) is 2.42. The zero-order valence-electron chi connectivity index (χ0n) is 16.5. The third-order valence-corrected chi connectivity index (χ3v) is 5.30. The Morgan fingerprint density at radius 3 is 2.36 bits per heavy atom. The first kappa shape index (κ1) is 20.5. The lowest BCUT2D eigenvalue weighted by Gasteiger charge is -2.28. The lowest BCUT2D eigenvalue weighted by atomic mass is 10.0. The molecule has 150 valence electrons. The number of hydrogen-bond acceptors (Lipinski definition) is 4. The van der Waals surface area contributed by atoms with Crippen LogP contribution in [0.5, 0.6) is 5.75 Å². The van der Waals surface area contributed by atoms with Gasteiger partial charge in [-0.3, -0.25) is 9.69 Å². The van der Waals surface area contributed by atoms with Crippen LogP contribution in [0.2, 0.25) is 5.02 Å². The molecule has 1 aliphatic heterocycles. The summed E-state index contributed by atoms with van der Waals surface area (Å²) in [4.78, 5) is 16.8. The normalized spacial score (nSPS) is 15.2. The number of hydrogen-bond donors (Lipinski definition) is 1. The monoisotopic (exact) mass is 401 g/mol. The molecule has 1 saturated heterocycles. The fourth-order valence-electron chi connectivity index (χ4n) is 3.45. The van der Waals surface area contributed by atoms with Gasteiger partial charge in [-0.2, -0.15) is 0 Å². The first-order chi connectivity index (χ1) is 13.5. The van der Waals surface area contributed by atoms with Gasteiger partial charge in [0, 0.05) is 31.4 Å². The van der Waals surface area contributed by atoms with Crippen LogP contribution in [0.3, 0.4) is 0 Å². The van der Waals surface area contributed by atoms with Gasteiger partial charge in [0.25, 0.3) is 5.91 Å². The van der Waals surface area contributed by atoms with E-state index >= 15 is 0 Å². The van der Waals surface area contributed by atoms with Crippen molar-refractivity contribution in [3.8, 4) is 5.75 Å². The maximum atomic E-state index is 12.3. The smallest absolute Gasteiger partial charge is 0.258 e. The van der Waals surface area contributed by atoms with Gasteiger partial charge in [0.15, 0.2) is 6.61 Å². The summed E-state index contributed by atoms with van der Waals surface area (Å²) in [5.41, 5.74) is 2.40. The highest BCUT2D eigenvalue weighted by molar-refractivity contribution is 6.30. The van der Waals surface area contributed by atoms with E-state index in [4.69, 9.17) is 16.3 Å². The molecule has 1 N–H and O–H groups in total. The SMILES string of the molecule is CN(C)c1ccc([C@H](CNC(=O)COc2ccc(Cl)cc2)N2CCCC2)cc1. The Hall–Kier alpha value is -2.24. The van der Waals surface area contributed by atoms with E-state index in [-0.39, 0.29) is 18.6 Å². The number of likely N-dealkylation sites (tertiary alicyclic amines) is 1. The van der Waals surface area contributed by atoms with Gasteiger partial charge in [-0.15, -0.1) is 0 Å². The number of carbonyl (C=O) groups is 1. The number of anilines is 1. The molecule has 2 aromatic carbocycles. The molecule has 0 bridgehead atoms. The van der Waals surface area contributed by atoms with E-state index in [2.05, 4.69) is 39.4 Å². The predicted octanol–water partition coefficient (Wildman–Crippen LogP) is 3.74. The second-order valence-corrected chi connectivity index (χ2v) is 7.73. The van der Waals surface area contributed by atoms with Crippen molar-refractivity contribution in [2.45, 2.75) is 18.9 Å². The third kappa shape index (κ3) is 5.63. The van der Waals surface area contributed by atoms with Gasteiger partial charge in [0.05, 0.1) is 6.04 Å². The van der Waals surface area contributed by atoms with Gasteiger partial charge >= 0.3 is 0 Å². The van der Waals surface area contributed by atoms with Gasteiger partial charge in [-0.1, -0.05) is 23.7 Å². The second kappa shape index (κ2) is 9.80. The lowest BCUT2D eigenvalue weighted by Crippen LogP contribution is -2.38. The van der Waals surface area contributed by atoms with Crippen LogP contribution in [0.4, 0.5) is 5.69 Å². The zero-order valence-corrected chi connectivity index (χ0v) is 17.3. The van der Waals surface area contributed by atoms with Crippen molar-refractivity contribution in [2.24, 2.45) is 0 Å². The van der Waals surface area contributed by atoms with E-state index < -0.39 is 0 Å². The molecule has 3 rings (SSSR count). The molecular formula is C22H28ClN3O2. The van der Waals surface area contributed by atoms with Gasteiger partial charge < -0.3 is 15.0 Å². The highest BCUT2D eigenvalue weighted by Crippen LogP contribution is 2.26. The average molecular weight is 402 g/mol. The standard InChI is InChI=1S/C22H28ClN3O2/c1-25(2)19-9-5-17(6-10-19)21(26-13-3-4-14-26)15-24-22(27)16-28-20-11-7-18(23)8-12-20/h5-12,21H,3-4,13-16H2,1-2H3,(H,24,27)/t21-/m0/s1. The maximum absolute atomic E-state index is 12.3. The van der Waals surface area contributed by atoms with Crippen LogP contribution in [0, 0.1) is 0 Å². The number of rotatable bonds is 8. The first-order valence-corrected chi connectivity index (χ1v) is 10.1. The summed E-state index contributed by atoms with van der Waals surface area (Å²) in [6, 6.07) is 15.8. The molecule has 1 amide bonds. The van der Waals surface area contributed by atoms with Crippen LogP contribution < -0.4 is 15.0 Å². The average Bonchev–Trinajstić information content (AvgIpc) is 3.22. The minimum Gasteiger partial charge on any atom is -0.484 e. The Balaban J connectivity index is 1.58. The van der Waals surface area contributed by atoms with Crippen molar-refractivity contribution in [1.82, 2.24) is 10.2 Å². The molecule has 1 aliphatic rings. The van der Waals surface area contributed by atoms with Crippen LogP contribution in [0.25, 0.3) is 0 Å². The van der Waals surface area contributed by atoms with Crippen molar-refractivity contribution < 1.29 is 9.53 Å². The van der Waals surface area contributed by atoms with Crippen molar-refractivity contribution >= 4 is 23.2 Å². The fourth-order valence-corrected chi connectivity index (χ4v) is 3.57. The van der Waals surface area contributed by atoms with Gasteiger partial charge in [0.1, 0.15) is 5.75 Å². The highest BCUT2D eigenvalue weighted by Gasteiger charge is 2.24. The summed E-state index contributed by atoms with van der Waals surface area (Å²) in [5, 5.41) is 3.68. The van der Waals surface area contributed by atoms with Crippen LogP contribution in [0.15, 0.2) is 48.5 Å².